The molecule has 0 saturated heterocycles. The van der Waals surface area contributed by atoms with Crippen LogP contribution in [-0.4, -0.2) is 18.2 Å². The van der Waals surface area contributed by atoms with Gasteiger partial charge in [-0.2, -0.15) is 0 Å². The highest BCUT2D eigenvalue weighted by Gasteiger charge is 2.31. The summed E-state index contributed by atoms with van der Waals surface area (Å²) in [7, 11) is 0. The average molecular weight is 406 g/mol. The van der Waals surface area contributed by atoms with E-state index in [4.69, 9.17) is 0 Å². The molecule has 0 aliphatic carbocycles. The summed E-state index contributed by atoms with van der Waals surface area (Å²) in [6.45, 7) is 0. The van der Waals surface area contributed by atoms with E-state index in [1.54, 1.807) is 41.8 Å². The van der Waals surface area contributed by atoms with E-state index in [1.807, 2.05) is 0 Å². The van der Waals surface area contributed by atoms with Crippen LogP contribution in [0.15, 0.2) is 66.0 Å². The van der Waals surface area contributed by atoms with E-state index < -0.39 is 18.0 Å². The third kappa shape index (κ3) is 5.34. The molecule has 1 aromatic heterocycles. The first-order chi connectivity index (χ1) is 13.3. The summed E-state index contributed by atoms with van der Waals surface area (Å²) < 4.78 is 40.3. The Kier molecular flexibility index (Phi) is 5.65. The van der Waals surface area contributed by atoms with Gasteiger partial charge in [0.25, 0.3) is 11.8 Å². The number of hydrogen-bond acceptors (Lipinski definition) is 4. The second-order valence-electron chi connectivity index (χ2n) is 5.54. The predicted octanol–water partition coefficient (Wildman–Crippen LogP) is 5.15. The molecule has 0 radical (unpaired) electrons. The van der Waals surface area contributed by atoms with Crippen LogP contribution in [0.5, 0.6) is 5.75 Å². The molecule has 0 aliphatic heterocycles. The highest BCUT2D eigenvalue weighted by Crippen LogP contribution is 2.23. The third-order valence-corrected chi connectivity index (χ3v) is 4.34. The summed E-state index contributed by atoms with van der Waals surface area (Å²) in [6.07, 6.45) is -4.79. The summed E-state index contributed by atoms with van der Waals surface area (Å²) in [4.78, 5) is 24.9. The monoisotopic (exact) mass is 406 g/mol. The molecule has 144 valence electrons. The van der Waals surface area contributed by atoms with Crippen molar-refractivity contribution in [3.63, 3.8) is 0 Å². The fraction of sp³-hybridized carbons (Fsp3) is 0.0526. The van der Waals surface area contributed by atoms with Gasteiger partial charge in [-0.3, -0.25) is 9.59 Å². The van der Waals surface area contributed by atoms with Gasteiger partial charge in [0.2, 0.25) is 0 Å². The molecule has 1 heterocycles. The lowest BCUT2D eigenvalue weighted by Crippen LogP contribution is -2.17. The molecule has 28 heavy (non-hydrogen) atoms. The molecule has 3 aromatic rings. The van der Waals surface area contributed by atoms with Crippen LogP contribution in [0.2, 0.25) is 0 Å². The van der Waals surface area contributed by atoms with Crippen molar-refractivity contribution >= 4 is 34.5 Å². The first kappa shape index (κ1) is 19.4. The molecular weight excluding hydrogens is 393 g/mol. The number of amides is 2. The van der Waals surface area contributed by atoms with Crippen LogP contribution in [0.4, 0.5) is 24.5 Å². The summed E-state index contributed by atoms with van der Waals surface area (Å²) in [5.41, 5.74) is 1.07. The maximum atomic E-state index is 12.3. The van der Waals surface area contributed by atoms with E-state index in [9.17, 15) is 22.8 Å². The molecule has 2 aromatic carbocycles. The number of carbonyl (C=O) groups excluding carboxylic acids is 2. The zero-order valence-corrected chi connectivity index (χ0v) is 14.9. The summed E-state index contributed by atoms with van der Waals surface area (Å²) in [6, 6.07) is 14.5. The van der Waals surface area contributed by atoms with Crippen molar-refractivity contribution in [2.24, 2.45) is 0 Å². The van der Waals surface area contributed by atoms with Crippen molar-refractivity contribution in [2.75, 3.05) is 10.6 Å². The van der Waals surface area contributed by atoms with Gasteiger partial charge in [0.05, 0.1) is 4.88 Å². The molecule has 0 bridgehead atoms. The smallest absolute Gasteiger partial charge is 0.406 e. The van der Waals surface area contributed by atoms with E-state index in [-0.39, 0.29) is 11.5 Å². The molecule has 0 spiro atoms. The molecule has 5 nitrogen and oxygen atoms in total. The summed E-state index contributed by atoms with van der Waals surface area (Å²) in [5, 5.41) is 7.14. The van der Waals surface area contributed by atoms with Crippen LogP contribution in [0.1, 0.15) is 20.0 Å². The summed E-state index contributed by atoms with van der Waals surface area (Å²) in [5.74, 6) is -1.19. The van der Waals surface area contributed by atoms with E-state index in [1.165, 1.54) is 23.5 Å². The minimum atomic E-state index is -4.79. The minimum Gasteiger partial charge on any atom is -0.406 e. The zero-order chi connectivity index (χ0) is 20.1. The van der Waals surface area contributed by atoms with Crippen molar-refractivity contribution in [3.05, 3.63) is 76.5 Å². The topological polar surface area (TPSA) is 67.4 Å². The molecule has 9 heteroatoms. The number of anilines is 2. The van der Waals surface area contributed by atoms with Gasteiger partial charge < -0.3 is 15.4 Å². The van der Waals surface area contributed by atoms with Crippen molar-refractivity contribution < 1.29 is 27.5 Å². The first-order valence-electron chi connectivity index (χ1n) is 7.92. The molecular formula is C19H13F3N2O3S. The average Bonchev–Trinajstić information content (AvgIpc) is 3.16. The van der Waals surface area contributed by atoms with Gasteiger partial charge in [-0.15, -0.1) is 24.5 Å². The van der Waals surface area contributed by atoms with Gasteiger partial charge >= 0.3 is 6.36 Å². The van der Waals surface area contributed by atoms with Crippen LogP contribution >= 0.6 is 11.3 Å². The van der Waals surface area contributed by atoms with Crippen LogP contribution in [0.3, 0.4) is 0 Å². The largest absolute Gasteiger partial charge is 0.573 e. The van der Waals surface area contributed by atoms with Gasteiger partial charge in [-0.1, -0.05) is 12.1 Å². The quantitative estimate of drug-likeness (QED) is 0.616. The number of thiophene rings is 1. The number of benzene rings is 2. The number of alkyl halides is 3. The van der Waals surface area contributed by atoms with Crippen LogP contribution < -0.4 is 15.4 Å². The van der Waals surface area contributed by atoms with Gasteiger partial charge in [0, 0.05) is 16.9 Å². The van der Waals surface area contributed by atoms with E-state index in [0.717, 1.165) is 12.1 Å². The number of rotatable bonds is 5. The number of carbonyl (C=O) groups is 2. The molecule has 3 rings (SSSR count). The van der Waals surface area contributed by atoms with Gasteiger partial charge in [0.1, 0.15) is 5.75 Å². The highest BCUT2D eigenvalue weighted by atomic mass is 32.1. The van der Waals surface area contributed by atoms with Gasteiger partial charge in [-0.05, 0) is 53.9 Å². The Morgan fingerprint density at radius 1 is 0.857 bits per heavy atom. The third-order valence-electron chi connectivity index (χ3n) is 3.47. The molecule has 2 N–H and O–H groups in total. The second-order valence-corrected chi connectivity index (χ2v) is 6.49. The highest BCUT2D eigenvalue weighted by molar-refractivity contribution is 7.12. The Hall–Kier alpha value is -3.33. The maximum Gasteiger partial charge on any atom is 0.573 e. The number of halogens is 3. The lowest BCUT2D eigenvalue weighted by Gasteiger charge is -2.10. The van der Waals surface area contributed by atoms with Gasteiger partial charge in [-0.25, -0.2) is 0 Å². The fourth-order valence-electron chi connectivity index (χ4n) is 2.29. The lowest BCUT2D eigenvalue weighted by molar-refractivity contribution is -0.274. The molecule has 0 unspecified atom stereocenters. The van der Waals surface area contributed by atoms with Crippen molar-refractivity contribution in [2.45, 2.75) is 6.36 Å². The van der Waals surface area contributed by atoms with E-state index >= 15 is 0 Å². The van der Waals surface area contributed by atoms with E-state index in [0.29, 0.717) is 16.3 Å². The van der Waals surface area contributed by atoms with Crippen molar-refractivity contribution in [3.8, 4) is 5.75 Å². The SMILES string of the molecule is O=C(Nc1cccc(NC(=O)c2cccs2)c1)c1ccc(OC(F)(F)F)cc1. The Labute approximate surface area is 161 Å². The first-order valence-corrected chi connectivity index (χ1v) is 8.80. The second kappa shape index (κ2) is 8.13. The standard InChI is InChI=1S/C19H13F3N2O3S/c20-19(21,22)27-15-8-6-12(7-9-15)17(25)23-13-3-1-4-14(11-13)24-18(26)16-5-2-10-28-16/h1-11H,(H,23,25)(H,24,26). The van der Waals surface area contributed by atoms with Crippen LogP contribution in [-0.2, 0) is 0 Å². The van der Waals surface area contributed by atoms with Crippen molar-refractivity contribution in [1.82, 2.24) is 0 Å². The predicted molar refractivity (Wildman–Crippen MR) is 99.8 cm³/mol. The fourth-order valence-corrected chi connectivity index (χ4v) is 2.91. The Morgan fingerprint density at radius 3 is 2.07 bits per heavy atom. The molecule has 0 saturated carbocycles. The Bertz CT molecular complexity index is 971. The molecule has 0 atom stereocenters. The molecule has 2 amide bonds. The normalized spacial score (nSPS) is 11.0. The molecule has 0 aliphatic rings. The summed E-state index contributed by atoms with van der Waals surface area (Å²) >= 11 is 1.30. The Morgan fingerprint density at radius 2 is 1.50 bits per heavy atom. The van der Waals surface area contributed by atoms with Gasteiger partial charge in [0.15, 0.2) is 0 Å². The lowest BCUT2D eigenvalue weighted by atomic mass is 10.2. The molecule has 0 fully saturated rings. The number of hydrogen-bond donors (Lipinski definition) is 2. The Balaban J connectivity index is 1.65. The number of nitrogens with one attached hydrogen (secondary N) is 2. The maximum absolute atomic E-state index is 12.3. The minimum absolute atomic E-state index is 0.155. The van der Waals surface area contributed by atoms with Crippen molar-refractivity contribution in [1.29, 1.82) is 0 Å². The zero-order valence-electron chi connectivity index (χ0n) is 14.1. The van der Waals surface area contributed by atoms with Crippen LogP contribution in [0.25, 0.3) is 0 Å². The number of ether oxygens (including phenoxy) is 1. The van der Waals surface area contributed by atoms with E-state index in [2.05, 4.69) is 15.4 Å². The van der Waals surface area contributed by atoms with Crippen LogP contribution in [0, 0.1) is 0 Å².